The van der Waals surface area contributed by atoms with Crippen LogP contribution in [0.1, 0.15) is 162 Å². The molecule has 0 spiro atoms. The van der Waals surface area contributed by atoms with E-state index < -0.39 is 0 Å². The summed E-state index contributed by atoms with van der Waals surface area (Å²) in [6.45, 7) is 8.09. The summed E-state index contributed by atoms with van der Waals surface area (Å²) >= 11 is 0. The molecule has 0 aromatic heterocycles. The number of nitrogens with zero attached hydrogens (tertiary/aromatic N) is 1. The van der Waals surface area contributed by atoms with E-state index in [1.54, 1.807) is 0 Å². The van der Waals surface area contributed by atoms with Gasteiger partial charge in [0.15, 0.2) is 0 Å². The van der Waals surface area contributed by atoms with Crippen LogP contribution in [0.2, 0.25) is 0 Å². The molecule has 0 N–H and O–H groups in total. The quantitative estimate of drug-likeness (QED) is 0.0914. The third-order valence-electron chi connectivity index (χ3n) is 7.25. The number of unbranched alkanes of at least 4 members (excludes halogenated alkanes) is 16. The number of allylic oxidation sites excluding steroid dienone is 4. The first-order chi connectivity index (χ1) is 16.3. The molecule has 0 aliphatic heterocycles. The van der Waals surface area contributed by atoms with E-state index in [2.05, 4.69) is 57.0 Å². The molecule has 0 saturated carbocycles. The minimum Gasteiger partial charge on any atom is -0.304 e. The molecule has 196 valence electrons. The summed E-state index contributed by atoms with van der Waals surface area (Å²) < 4.78 is 0. The Bertz CT molecular complexity index is 411. The number of hydrogen-bond donors (Lipinski definition) is 0. The van der Waals surface area contributed by atoms with Crippen LogP contribution in [0, 0.1) is 0 Å². The Labute approximate surface area is 210 Å². The fourth-order valence-corrected chi connectivity index (χ4v) is 4.73. The second kappa shape index (κ2) is 27.7. The number of rotatable bonds is 26. The highest BCUT2D eigenvalue weighted by atomic mass is 15.1. The molecule has 0 saturated heterocycles. The van der Waals surface area contributed by atoms with Gasteiger partial charge in [-0.2, -0.15) is 0 Å². The van der Waals surface area contributed by atoms with Crippen LogP contribution in [0.25, 0.3) is 0 Å². The molecule has 0 heterocycles. The van der Waals surface area contributed by atoms with Gasteiger partial charge in [-0.05, 0) is 58.5 Å². The molecule has 1 unspecified atom stereocenters. The van der Waals surface area contributed by atoms with E-state index in [0.717, 1.165) is 12.5 Å². The Morgan fingerprint density at radius 2 is 0.879 bits per heavy atom. The van der Waals surface area contributed by atoms with E-state index in [-0.39, 0.29) is 0 Å². The fraction of sp³-hybridized carbons (Fsp3) is 0.875. The van der Waals surface area contributed by atoms with Gasteiger partial charge in [-0.15, -0.1) is 0 Å². The second-order valence-corrected chi connectivity index (χ2v) is 10.4. The van der Waals surface area contributed by atoms with Crippen molar-refractivity contribution in [2.24, 2.45) is 0 Å². The Kier molecular flexibility index (Phi) is 27.2. The monoisotopic (exact) mass is 461 g/mol. The fourth-order valence-electron chi connectivity index (χ4n) is 4.73. The molecule has 0 aromatic rings. The van der Waals surface area contributed by atoms with Gasteiger partial charge in [-0.3, -0.25) is 0 Å². The van der Waals surface area contributed by atoms with Gasteiger partial charge in [0, 0.05) is 6.04 Å². The summed E-state index contributed by atoms with van der Waals surface area (Å²) in [5.74, 6) is 0. The van der Waals surface area contributed by atoms with Gasteiger partial charge in [0.1, 0.15) is 0 Å². The zero-order chi connectivity index (χ0) is 24.2. The maximum Gasteiger partial charge on any atom is 0.00920 e. The van der Waals surface area contributed by atoms with E-state index in [1.807, 2.05) is 0 Å². The molecule has 0 aliphatic carbocycles. The average Bonchev–Trinajstić information content (AvgIpc) is 2.83. The van der Waals surface area contributed by atoms with Crippen LogP contribution >= 0.6 is 0 Å². The molecule has 0 fully saturated rings. The lowest BCUT2D eigenvalue weighted by molar-refractivity contribution is 0.219. The van der Waals surface area contributed by atoms with Crippen molar-refractivity contribution in [1.29, 1.82) is 0 Å². The Balaban J connectivity index is 3.56. The first-order valence-corrected chi connectivity index (χ1v) is 15.3. The van der Waals surface area contributed by atoms with Gasteiger partial charge < -0.3 is 4.90 Å². The van der Waals surface area contributed by atoms with Crippen LogP contribution < -0.4 is 0 Å². The molecule has 0 aromatic carbocycles. The summed E-state index contributed by atoms with van der Waals surface area (Å²) in [7, 11) is 2.34. The highest BCUT2D eigenvalue weighted by Crippen LogP contribution is 2.18. The normalized spacial score (nSPS) is 13.1. The van der Waals surface area contributed by atoms with Gasteiger partial charge in [0.05, 0.1) is 0 Å². The second-order valence-electron chi connectivity index (χ2n) is 10.4. The molecular weight excluding hydrogens is 398 g/mol. The maximum absolute atomic E-state index is 2.60. The van der Waals surface area contributed by atoms with Crippen molar-refractivity contribution in [1.82, 2.24) is 4.90 Å². The van der Waals surface area contributed by atoms with Gasteiger partial charge in [0.25, 0.3) is 0 Å². The van der Waals surface area contributed by atoms with E-state index in [9.17, 15) is 0 Å². The topological polar surface area (TPSA) is 3.24 Å². The van der Waals surface area contributed by atoms with Crippen molar-refractivity contribution in [3.8, 4) is 0 Å². The van der Waals surface area contributed by atoms with Crippen LogP contribution in [0.15, 0.2) is 24.3 Å². The average molecular weight is 462 g/mol. The summed E-state index contributed by atoms with van der Waals surface area (Å²) in [6.07, 6.45) is 40.0. The maximum atomic E-state index is 2.60. The SMILES string of the molecule is CCCCC/C=C/C/C=C/CCCCCCCCCC(CCCCCCCCC)N(C)CC. The lowest BCUT2D eigenvalue weighted by Crippen LogP contribution is -2.31. The van der Waals surface area contributed by atoms with Crippen LogP contribution in [0.4, 0.5) is 0 Å². The highest BCUT2D eigenvalue weighted by molar-refractivity contribution is 4.92. The largest absolute Gasteiger partial charge is 0.304 e. The zero-order valence-corrected chi connectivity index (χ0v) is 23.6. The molecule has 1 heteroatoms. The first-order valence-electron chi connectivity index (χ1n) is 15.3. The third-order valence-corrected chi connectivity index (χ3v) is 7.25. The van der Waals surface area contributed by atoms with Crippen LogP contribution in [-0.4, -0.2) is 24.5 Å². The van der Waals surface area contributed by atoms with Crippen LogP contribution in [-0.2, 0) is 0 Å². The molecule has 1 atom stereocenters. The minimum atomic E-state index is 0.823. The molecule has 0 bridgehead atoms. The van der Waals surface area contributed by atoms with Gasteiger partial charge in [0.2, 0.25) is 0 Å². The summed E-state index contributed by atoms with van der Waals surface area (Å²) in [6, 6.07) is 0.823. The van der Waals surface area contributed by atoms with Gasteiger partial charge in [-0.25, -0.2) is 0 Å². The smallest absolute Gasteiger partial charge is 0.00920 e. The summed E-state index contributed by atoms with van der Waals surface area (Å²) in [4.78, 5) is 2.60. The van der Waals surface area contributed by atoms with E-state index in [4.69, 9.17) is 0 Å². The molecule has 33 heavy (non-hydrogen) atoms. The first kappa shape index (κ1) is 32.4. The third kappa shape index (κ3) is 24.4. The van der Waals surface area contributed by atoms with Crippen LogP contribution in [0.5, 0.6) is 0 Å². The molecule has 0 radical (unpaired) electrons. The van der Waals surface area contributed by atoms with Gasteiger partial charge >= 0.3 is 0 Å². The highest BCUT2D eigenvalue weighted by Gasteiger charge is 2.12. The van der Waals surface area contributed by atoms with Crippen molar-refractivity contribution >= 4 is 0 Å². The summed E-state index contributed by atoms with van der Waals surface area (Å²) in [5.41, 5.74) is 0. The predicted molar refractivity (Wildman–Crippen MR) is 153 cm³/mol. The van der Waals surface area contributed by atoms with E-state index in [1.165, 1.54) is 141 Å². The molecule has 0 aliphatic rings. The molecule has 0 rings (SSSR count). The van der Waals surface area contributed by atoms with E-state index in [0.29, 0.717) is 0 Å². The Morgan fingerprint density at radius 1 is 0.485 bits per heavy atom. The van der Waals surface area contributed by atoms with Crippen molar-refractivity contribution < 1.29 is 0 Å². The van der Waals surface area contributed by atoms with Crippen molar-refractivity contribution in [2.75, 3.05) is 13.6 Å². The Morgan fingerprint density at radius 3 is 1.36 bits per heavy atom. The van der Waals surface area contributed by atoms with Crippen molar-refractivity contribution in [2.45, 2.75) is 168 Å². The molecule has 1 nitrogen and oxygen atoms in total. The molecule has 0 amide bonds. The number of hydrogen-bond acceptors (Lipinski definition) is 1. The lowest BCUT2D eigenvalue weighted by atomic mass is 9.99. The molecular formula is C32H63N. The summed E-state index contributed by atoms with van der Waals surface area (Å²) in [5, 5.41) is 0. The standard InChI is InChI=1S/C32H63N/c1-5-8-10-12-14-15-16-17-18-19-20-21-22-23-25-27-29-31-32(33(4)7-3)30-28-26-24-13-11-9-6-2/h14-15,17-18,32H,5-13,16,19-31H2,1-4H3/b15-14+,18-17+. The van der Waals surface area contributed by atoms with Crippen molar-refractivity contribution in [3.63, 3.8) is 0 Å². The predicted octanol–water partition coefficient (Wildman–Crippen LogP) is 11.0. The van der Waals surface area contributed by atoms with E-state index >= 15 is 0 Å². The Hall–Kier alpha value is -0.560. The zero-order valence-electron chi connectivity index (χ0n) is 23.6. The van der Waals surface area contributed by atoms with Gasteiger partial charge in [-0.1, -0.05) is 141 Å². The van der Waals surface area contributed by atoms with Crippen molar-refractivity contribution in [3.05, 3.63) is 24.3 Å². The van der Waals surface area contributed by atoms with Crippen LogP contribution in [0.3, 0.4) is 0 Å². The minimum absolute atomic E-state index is 0.823. The lowest BCUT2D eigenvalue weighted by Gasteiger charge is -2.27.